The van der Waals surface area contributed by atoms with Gasteiger partial charge in [0.25, 0.3) is 11.8 Å². The number of carbonyl (C=O) groups excluding carboxylic acids is 2. The molecule has 2 amide bonds. The topological polar surface area (TPSA) is 82.5 Å². The van der Waals surface area contributed by atoms with Gasteiger partial charge in [-0.25, -0.2) is 0 Å². The van der Waals surface area contributed by atoms with Gasteiger partial charge in [-0.3, -0.25) is 14.7 Å². The largest absolute Gasteiger partial charge is 0.326 e. The van der Waals surface area contributed by atoms with Crippen molar-refractivity contribution in [3.8, 4) is 0 Å². The predicted molar refractivity (Wildman–Crippen MR) is 108 cm³/mol. The van der Waals surface area contributed by atoms with Crippen LogP contribution in [0.2, 0.25) is 5.02 Å². The molecule has 1 fully saturated rings. The van der Waals surface area contributed by atoms with Crippen LogP contribution in [0.25, 0.3) is 10.9 Å². The second-order valence-electron chi connectivity index (χ2n) is 6.86. The molecular weight excluding hydrogens is 378 g/mol. The van der Waals surface area contributed by atoms with Gasteiger partial charge in [0.2, 0.25) is 0 Å². The van der Waals surface area contributed by atoms with E-state index in [-0.39, 0.29) is 11.8 Å². The molecule has 0 saturated carbocycles. The van der Waals surface area contributed by atoms with Crippen molar-refractivity contribution in [2.24, 2.45) is 0 Å². The first-order valence-electron chi connectivity index (χ1n) is 9.22. The van der Waals surface area contributed by atoms with Crippen molar-refractivity contribution < 1.29 is 14.5 Å². The standard InChI is InChI=1S/C20H20ClN5O2/c21-15-6-2-4-8-17(15)22-18(27)13-25-9-11-26(12-10-25)20(28)19-14-5-1-3-7-16(14)23-24-19/h1-8H,9-13H2,(H,22,27)(H,23,24)/p+1. The Bertz CT molecular complexity index is 1010. The third kappa shape index (κ3) is 3.85. The maximum Gasteiger partial charge on any atom is 0.279 e. The van der Waals surface area contributed by atoms with Gasteiger partial charge in [-0.05, 0) is 18.2 Å². The molecule has 2 heterocycles. The summed E-state index contributed by atoms with van der Waals surface area (Å²) < 4.78 is 0. The van der Waals surface area contributed by atoms with Crippen LogP contribution in [0.4, 0.5) is 5.69 Å². The highest BCUT2D eigenvalue weighted by molar-refractivity contribution is 6.33. The molecule has 3 aromatic rings. The number of nitrogens with one attached hydrogen (secondary N) is 3. The van der Waals surface area contributed by atoms with E-state index >= 15 is 0 Å². The van der Waals surface area contributed by atoms with Crippen molar-refractivity contribution in [1.29, 1.82) is 0 Å². The number of nitrogens with zero attached hydrogens (tertiary/aromatic N) is 2. The number of hydrogen-bond acceptors (Lipinski definition) is 3. The van der Waals surface area contributed by atoms with Crippen molar-refractivity contribution in [3.63, 3.8) is 0 Å². The van der Waals surface area contributed by atoms with Crippen molar-refractivity contribution in [1.82, 2.24) is 15.1 Å². The number of hydrogen-bond donors (Lipinski definition) is 3. The minimum atomic E-state index is -0.0822. The summed E-state index contributed by atoms with van der Waals surface area (Å²) in [6.45, 7) is 2.95. The Labute approximate surface area is 167 Å². The lowest BCUT2D eigenvalue weighted by Crippen LogP contribution is -3.15. The average Bonchev–Trinajstić information content (AvgIpc) is 3.14. The maximum atomic E-state index is 12.8. The predicted octanol–water partition coefficient (Wildman–Crippen LogP) is 1.20. The molecule has 0 aliphatic carbocycles. The van der Waals surface area contributed by atoms with E-state index in [2.05, 4.69) is 15.5 Å². The molecule has 1 aliphatic heterocycles. The van der Waals surface area contributed by atoms with E-state index in [4.69, 9.17) is 11.6 Å². The highest BCUT2D eigenvalue weighted by Crippen LogP contribution is 2.20. The van der Waals surface area contributed by atoms with Gasteiger partial charge in [0.05, 0.1) is 42.4 Å². The summed E-state index contributed by atoms with van der Waals surface area (Å²) >= 11 is 6.08. The van der Waals surface area contributed by atoms with Crippen molar-refractivity contribution in [2.45, 2.75) is 0 Å². The lowest BCUT2D eigenvalue weighted by molar-refractivity contribution is -0.895. The summed E-state index contributed by atoms with van der Waals surface area (Å²) in [5.41, 5.74) is 1.93. The molecule has 0 atom stereocenters. The lowest BCUT2D eigenvalue weighted by atomic mass is 10.2. The van der Waals surface area contributed by atoms with Crippen LogP contribution < -0.4 is 10.2 Å². The quantitative estimate of drug-likeness (QED) is 0.617. The number of halogens is 1. The highest BCUT2D eigenvalue weighted by atomic mass is 35.5. The van der Waals surface area contributed by atoms with Crippen molar-refractivity contribution in [2.75, 3.05) is 38.0 Å². The Morgan fingerprint density at radius 3 is 2.61 bits per heavy atom. The van der Waals surface area contributed by atoms with Crippen LogP contribution in [0, 0.1) is 0 Å². The smallest absolute Gasteiger partial charge is 0.279 e. The van der Waals surface area contributed by atoms with Gasteiger partial charge in [-0.1, -0.05) is 41.9 Å². The molecule has 144 valence electrons. The summed E-state index contributed by atoms with van der Waals surface area (Å²) in [6.07, 6.45) is 0. The zero-order valence-electron chi connectivity index (χ0n) is 15.2. The summed E-state index contributed by atoms with van der Waals surface area (Å²) in [4.78, 5) is 28.1. The number of benzene rings is 2. The van der Waals surface area contributed by atoms with Crippen LogP contribution in [0.1, 0.15) is 10.5 Å². The molecule has 1 aliphatic rings. The number of para-hydroxylation sites is 2. The van der Waals surface area contributed by atoms with Crippen molar-refractivity contribution >= 4 is 40.0 Å². The Hall–Kier alpha value is -2.90. The molecule has 0 spiro atoms. The van der Waals surface area contributed by atoms with Crippen LogP contribution in [0.15, 0.2) is 48.5 Å². The maximum absolute atomic E-state index is 12.8. The van der Waals surface area contributed by atoms with E-state index in [1.165, 1.54) is 0 Å². The normalized spacial score (nSPS) is 15.0. The molecule has 8 heteroatoms. The summed E-state index contributed by atoms with van der Waals surface area (Å²) in [5, 5.41) is 11.3. The Kier molecular flexibility index (Phi) is 5.27. The molecule has 0 unspecified atom stereocenters. The minimum absolute atomic E-state index is 0.0722. The number of piperazine rings is 1. The second kappa shape index (κ2) is 8.00. The number of amides is 2. The third-order valence-electron chi connectivity index (χ3n) is 4.99. The molecule has 4 rings (SSSR count). The third-order valence-corrected chi connectivity index (χ3v) is 5.32. The Morgan fingerprint density at radius 2 is 1.82 bits per heavy atom. The van der Waals surface area contributed by atoms with Gasteiger partial charge < -0.3 is 15.1 Å². The van der Waals surface area contributed by atoms with Crippen LogP contribution >= 0.6 is 11.6 Å². The van der Waals surface area contributed by atoms with E-state index in [0.717, 1.165) is 15.8 Å². The van der Waals surface area contributed by atoms with Crippen LogP contribution in [-0.4, -0.2) is 59.6 Å². The number of anilines is 1. The van der Waals surface area contributed by atoms with Gasteiger partial charge in [-0.15, -0.1) is 0 Å². The van der Waals surface area contributed by atoms with Gasteiger partial charge in [0.1, 0.15) is 0 Å². The summed E-state index contributed by atoms with van der Waals surface area (Å²) in [7, 11) is 0. The van der Waals surface area contributed by atoms with Gasteiger partial charge in [-0.2, -0.15) is 5.10 Å². The van der Waals surface area contributed by atoms with E-state index in [0.29, 0.717) is 49.1 Å². The average molecular weight is 399 g/mol. The molecule has 1 saturated heterocycles. The Morgan fingerprint density at radius 1 is 1.11 bits per heavy atom. The molecule has 3 N–H and O–H groups in total. The molecule has 28 heavy (non-hydrogen) atoms. The van der Waals surface area contributed by atoms with Crippen molar-refractivity contribution in [3.05, 3.63) is 59.2 Å². The number of aromatic amines is 1. The molecule has 7 nitrogen and oxygen atoms in total. The second-order valence-corrected chi connectivity index (χ2v) is 7.27. The highest BCUT2D eigenvalue weighted by Gasteiger charge is 2.28. The molecular formula is C20H21ClN5O2+. The fourth-order valence-corrected chi connectivity index (χ4v) is 3.65. The first-order chi connectivity index (χ1) is 13.6. The van der Waals surface area contributed by atoms with E-state index in [9.17, 15) is 9.59 Å². The number of rotatable bonds is 4. The first-order valence-corrected chi connectivity index (χ1v) is 9.60. The van der Waals surface area contributed by atoms with E-state index in [1.54, 1.807) is 17.0 Å². The number of quaternary nitrogens is 1. The SMILES string of the molecule is O=C(C[NH+]1CCN(C(=O)c2n[nH]c3ccccc23)CC1)Nc1ccccc1Cl. The summed E-state index contributed by atoms with van der Waals surface area (Å²) in [6, 6.07) is 14.8. The lowest BCUT2D eigenvalue weighted by Gasteiger charge is -2.31. The van der Waals surface area contributed by atoms with E-state index in [1.807, 2.05) is 36.4 Å². The van der Waals surface area contributed by atoms with Gasteiger partial charge in [0, 0.05) is 5.39 Å². The molecule has 1 aromatic heterocycles. The molecule has 0 radical (unpaired) electrons. The van der Waals surface area contributed by atoms with Crippen LogP contribution in [-0.2, 0) is 4.79 Å². The number of H-pyrrole nitrogens is 1. The summed E-state index contributed by atoms with van der Waals surface area (Å²) in [5.74, 6) is -0.154. The number of carbonyl (C=O) groups is 2. The van der Waals surface area contributed by atoms with Crippen LogP contribution in [0.3, 0.4) is 0 Å². The van der Waals surface area contributed by atoms with Crippen LogP contribution in [0.5, 0.6) is 0 Å². The number of aromatic nitrogens is 2. The monoisotopic (exact) mass is 398 g/mol. The Balaban J connectivity index is 1.32. The van der Waals surface area contributed by atoms with Gasteiger partial charge >= 0.3 is 0 Å². The fourth-order valence-electron chi connectivity index (χ4n) is 3.46. The number of fused-ring (bicyclic) bond motifs is 1. The van der Waals surface area contributed by atoms with E-state index < -0.39 is 0 Å². The minimum Gasteiger partial charge on any atom is -0.326 e. The molecule has 2 aromatic carbocycles. The zero-order valence-corrected chi connectivity index (χ0v) is 16.0. The first kappa shape index (κ1) is 18.5. The zero-order chi connectivity index (χ0) is 19.5. The fraction of sp³-hybridized carbons (Fsp3) is 0.250. The molecule has 0 bridgehead atoms. The van der Waals surface area contributed by atoms with Gasteiger partial charge in [0.15, 0.2) is 12.2 Å².